The number of carboxylic acids is 1. The van der Waals surface area contributed by atoms with Gasteiger partial charge in [-0.2, -0.15) is 0 Å². The zero-order chi connectivity index (χ0) is 25.0. The number of alkyl halides is 1. The molecular formula is C27H26F4N2O2. The molecule has 35 heavy (non-hydrogen) atoms. The molecule has 184 valence electrons. The third-order valence-electron chi connectivity index (χ3n) is 6.46. The molecule has 3 aromatic carbocycles. The van der Waals surface area contributed by atoms with Gasteiger partial charge < -0.3 is 10.0 Å². The fraction of sp³-hybridized carbons (Fsp3) is 0.296. The molecule has 1 aliphatic heterocycles. The van der Waals surface area contributed by atoms with E-state index < -0.39 is 46.8 Å². The van der Waals surface area contributed by atoms with Gasteiger partial charge in [0.1, 0.15) is 11.3 Å². The van der Waals surface area contributed by atoms with Gasteiger partial charge in [-0.3, -0.25) is 9.29 Å². The Morgan fingerprint density at radius 1 is 0.943 bits per heavy atom. The molecule has 1 N–H and O–H groups in total. The van der Waals surface area contributed by atoms with Crippen molar-refractivity contribution in [2.24, 2.45) is 5.41 Å². The molecule has 1 atom stereocenters. The van der Waals surface area contributed by atoms with Crippen molar-refractivity contribution in [1.29, 1.82) is 0 Å². The van der Waals surface area contributed by atoms with Gasteiger partial charge in [0.2, 0.25) is 0 Å². The van der Waals surface area contributed by atoms with Crippen LogP contribution in [0.25, 0.3) is 0 Å². The van der Waals surface area contributed by atoms with E-state index in [-0.39, 0.29) is 13.1 Å². The van der Waals surface area contributed by atoms with E-state index >= 15 is 0 Å². The van der Waals surface area contributed by atoms with Gasteiger partial charge in [0, 0.05) is 38.1 Å². The summed E-state index contributed by atoms with van der Waals surface area (Å²) < 4.78 is 58.2. The molecule has 1 saturated heterocycles. The predicted molar refractivity (Wildman–Crippen MR) is 126 cm³/mol. The van der Waals surface area contributed by atoms with Gasteiger partial charge in [-0.25, -0.2) is 18.0 Å². The fourth-order valence-electron chi connectivity index (χ4n) is 4.76. The highest BCUT2D eigenvalue weighted by atomic mass is 19.2. The first-order chi connectivity index (χ1) is 16.8. The maximum absolute atomic E-state index is 14.7. The Labute approximate surface area is 201 Å². The van der Waals surface area contributed by atoms with Crippen LogP contribution < -0.4 is 4.90 Å². The lowest BCUT2D eigenvalue weighted by Crippen LogP contribution is -2.41. The van der Waals surface area contributed by atoms with Gasteiger partial charge in [0.15, 0.2) is 17.5 Å². The highest BCUT2D eigenvalue weighted by molar-refractivity contribution is 5.88. The Balaban J connectivity index is 1.59. The number of hydrogen-bond acceptors (Lipinski definition) is 3. The summed E-state index contributed by atoms with van der Waals surface area (Å²) in [6.45, 7) is 0.812. The van der Waals surface area contributed by atoms with Crippen molar-refractivity contribution in [2.75, 3.05) is 31.2 Å². The second-order valence-electron chi connectivity index (χ2n) is 9.11. The molecule has 1 aliphatic rings. The maximum Gasteiger partial charge on any atom is 0.338 e. The van der Waals surface area contributed by atoms with Crippen molar-refractivity contribution < 1.29 is 27.5 Å². The van der Waals surface area contributed by atoms with Crippen molar-refractivity contribution in [3.63, 3.8) is 0 Å². The molecule has 4 rings (SSSR count). The van der Waals surface area contributed by atoms with Gasteiger partial charge in [-0.1, -0.05) is 60.7 Å². The highest BCUT2D eigenvalue weighted by Crippen LogP contribution is 2.38. The quantitative estimate of drug-likeness (QED) is 0.313. The van der Waals surface area contributed by atoms with Crippen LogP contribution in [-0.4, -0.2) is 42.3 Å². The lowest BCUT2D eigenvalue weighted by molar-refractivity contribution is 0.0690. The number of carbonyl (C=O) groups is 1. The number of rotatable bonds is 9. The van der Waals surface area contributed by atoms with Gasteiger partial charge >= 0.3 is 5.97 Å². The van der Waals surface area contributed by atoms with Crippen LogP contribution in [0.5, 0.6) is 0 Å². The normalized spacial score (nSPS) is 17.8. The van der Waals surface area contributed by atoms with E-state index in [1.54, 1.807) is 0 Å². The monoisotopic (exact) mass is 486 g/mol. The molecule has 1 fully saturated rings. The van der Waals surface area contributed by atoms with Gasteiger partial charge in [-0.05, 0) is 23.6 Å². The van der Waals surface area contributed by atoms with E-state index in [0.717, 1.165) is 11.1 Å². The average Bonchev–Trinajstić information content (AvgIpc) is 3.26. The lowest BCUT2D eigenvalue weighted by Gasteiger charge is -2.34. The third-order valence-corrected chi connectivity index (χ3v) is 6.46. The Morgan fingerprint density at radius 3 is 2.03 bits per heavy atom. The summed E-state index contributed by atoms with van der Waals surface area (Å²) in [5, 5.41) is 8.99. The molecule has 0 bridgehead atoms. The van der Waals surface area contributed by atoms with Gasteiger partial charge in [0.05, 0.1) is 6.67 Å². The van der Waals surface area contributed by atoms with Crippen molar-refractivity contribution >= 4 is 11.7 Å². The topological polar surface area (TPSA) is 43.8 Å². The predicted octanol–water partition coefficient (Wildman–Crippen LogP) is 5.67. The summed E-state index contributed by atoms with van der Waals surface area (Å²) in [5.41, 5.74) is -0.548. The van der Waals surface area contributed by atoms with Crippen molar-refractivity contribution in [2.45, 2.75) is 19.5 Å². The summed E-state index contributed by atoms with van der Waals surface area (Å²) in [6, 6.07) is 20.0. The molecule has 4 nitrogen and oxygen atoms in total. The van der Waals surface area contributed by atoms with Crippen LogP contribution in [0, 0.1) is 22.9 Å². The summed E-state index contributed by atoms with van der Waals surface area (Å²) in [4.78, 5) is 14.5. The zero-order valence-electron chi connectivity index (χ0n) is 19.1. The minimum Gasteiger partial charge on any atom is -0.478 e. The fourth-order valence-corrected chi connectivity index (χ4v) is 4.76. The van der Waals surface area contributed by atoms with Crippen LogP contribution in [0.2, 0.25) is 0 Å². The third kappa shape index (κ3) is 5.48. The van der Waals surface area contributed by atoms with Crippen molar-refractivity contribution in [3.05, 3.63) is 101 Å². The van der Waals surface area contributed by atoms with Crippen molar-refractivity contribution in [1.82, 2.24) is 4.90 Å². The number of nitrogens with zero attached hydrogens (tertiary/aromatic N) is 2. The minimum atomic E-state index is -1.76. The molecule has 0 saturated carbocycles. The second kappa shape index (κ2) is 10.5. The number of halogens is 4. The van der Waals surface area contributed by atoms with E-state index in [2.05, 4.69) is 4.90 Å². The Morgan fingerprint density at radius 2 is 1.51 bits per heavy atom. The van der Waals surface area contributed by atoms with Crippen LogP contribution in [0.15, 0.2) is 66.7 Å². The van der Waals surface area contributed by atoms with Gasteiger partial charge in [0.25, 0.3) is 0 Å². The summed E-state index contributed by atoms with van der Waals surface area (Å²) in [7, 11) is 0. The van der Waals surface area contributed by atoms with E-state index in [4.69, 9.17) is 5.11 Å². The highest BCUT2D eigenvalue weighted by Gasteiger charge is 2.42. The summed E-state index contributed by atoms with van der Waals surface area (Å²) in [5.74, 6) is -6.13. The zero-order valence-corrected chi connectivity index (χ0v) is 19.1. The van der Waals surface area contributed by atoms with E-state index in [1.807, 2.05) is 60.7 Å². The number of carboxylic acid groups (broad SMARTS) is 1. The molecule has 8 heteroatoms. The Kier molecular flexibility index (Phi) is 7.40. The maximum atomic E-state index is 14.7. The van der Waals surface area contributed by atoms with Crippen LogP contribution >= 0.6 is 0 Å². The molecule has 0 aromatic heterocycles. The molecule has 0 aliphatic carbocycles. The SMILES string of the molecule is O=C(O)c1cc(F)c(N2CC[C@](CF)(CN(Cc3ccccc3)Cc3ccccc3)C2)c(F)c1F. The first-order valence-electron chi connectivity index (χ1n) is 11.3. The van der Waals surface area contributed by atoms with E-state index in [9.17, 15) is 22.4 Å². The first-order valence-corrected chi connectivity index (χ1v) is 11.3. The molecule has 1 heterocycles. The van der Waals surface area contributed by atoms with Crippen molar-refractivity contribution in [3.8, 4) is 0 Å². The number of anilines is 1. The molecule has 0 unspecified atom stereocenters. The Bertz CT molecular complexity index is 1140. The Hall–Kier alpha value is -3.39. The number of benzene rings is 3. The average molecular weight is 487 g/mol. The first kappa shape index (κ1) is 24.7. The molecule has 3 aromatic rings. The summed E-state index contributed by atoms with van der Waals surface area (Å²) in [6.07, 6.45) is 0.310. The summed E-state index contributed by atoms with van der Waals surface area (Å²) >= 11 is 0. The molecular weight excluding hydrogens is 460 g/mol. The van der Waals surface area contributed by atoms with Crippen LogP contribution in [0.1, 0.15) is 27.9 Å². The standard InChI is InChI=1S/C27H26F4N2O2/c28-16-27(11-12-33(18-27)25-22(29)13-21(26(34)35)23(30)24(25)31)17-32(14-19-7-3-1-4-8-19)15-20-9-5-2-6-10-20/h1-10,13H,11-12,14-18H2,(H,34,35)/t27-/m0/s1. The van der Waals surface area contributed by atoms with E-state index in [1.165, 1.54) is 4.90 Å². The van der Waals surface area contributed by atoms with Crippen LogP contribution in [-0.2, 0) is 13.1 Å². The van der Waals surface area contributed by atoms with Gasteiger partial charge in [-0.15, -0.1) is 0 Å². The molecule has 0 radical (unpaired) electrons. The lowest BCUT2D eigenvalue weighted by atomic mass is 9.87. The molecule has 0 spiro atoms. The second-order valence-corrected chi connectivity index (χ2v) is 9.11. The van der Waals surface area contributed by atoms with Crippen LogP contribution in [0.4, 0.5) is 23.2 Å². The number of hydrogen-bond donors (Lipinski definition) is 1. The minimum absolute atomic E-state index is 0.0245. The largest absolute Gasteiger partial charge is 0.478 e. The molecule has 0 amide bonds. The number of aromatic carboxylic acids is 1. The van der Waals surface area contributed by atoms with E-state index in [0.29, 0.717) is 32.1 Å². The van der Waals surface area contributed by atoms with Crippen LogP contribution in [0.3, 0.4) is 0 Å². The smallest absolute Gasteiger partial charge is 0.338 e.